The summed E-state index contributed by atoms with van der Waals surface area (Å²) in [5, 5.41) is 11.0. The first-order chi connectivity index (χ1) is 30.3. The van der Waals surface area contributed by atoms with Crippen LogP contribution in [0.4, 0.5) is 21.7 Å². The number of hydrogen-bond donors (Lipinski definition) is 2. The molecule has 10 rings (SSSR count). The summed E-state index contributed by atoms with van der Waals surface area (Å²) in [6.45, 7) is 8.02. The zero-order valence-electron chi connectivity index (χ0n) is 35.7. The van der Waals surface area contributed by atoms with E-state index in [-0.39, 0.29) is 40.2 Å². The highest BCUT2D eigenvalue weighted by molar-refractivity contribution is 7.92. The Balaban J connectivity index is 0.720. The van der Waals surface area contributed by atoms with E-state index in [4.69, 9.17) is 16.6 Å². The molecular formula is C46H53ClFN9O5S. The number of aryl methyl sites for hydroxylation is 2. The van der Waals surface area contributed by atoms with Crippen molar-refractivity contribution in [1.29, 1.82) is 0 Å². The van der Waals surface area contributed by atoms with Crippen LogP contribution >= 0.6 is 11.6 Å². The number of sulfone groups is 1. The molecule has 0 bridgehead atoms. The zero-order chi connectivity index (χ0) is 43.8. The highest BCUT2D eigenvalue weighted by atomic mass is 35.5. The van der Waals surface area contributed by atoms with Gasteiger partial charge < -0.3 is 15.1 Å². The maximum atomic E-state index is 16.1. The third-order valence-corrected chi connectivity index (χ3v) is 17.2. The van der Waals surface area contributed by atoms with E-state index in [2.05, 4.69) is 30.5 Å². The van der Waals surface area contributed by atoms with Crippen LogP contribution in [0.5, 0.6) is 0 Å². The summed E-state index contributed by atoms with van der Waals surface area (Å²) in [5.74, 6) is -0.201. The van der Waals surface area contributed by atoms with Crippen LogP contribution in [0.2, 0.25) is 5.02 Å². The quantitative estimate of drug-likeness (QED) is 0.143. The minimum Gasteiger partial charge on any atom is -0.369 e. The molecule has 3 saturated heterocycles. The minimum absolute atomic E-state index is 0.0459. The lowest BCUT2D eigenvalue weighted by Crippen LogP contribution is -2.52. The minimum atomic E-state index is -3.52. The van der Waals surface area contributed by atoms with Gasteiger partial charge in [0.05, 0.1) is 32.4 Å². The second kappa shape index (κ2) is 16.3. The second-order valence-corrected chi connectivity index (χ2v) is 21.4. The van der Waals surface area contributed by atoms with Crippen LogP contribution in [0, 0.1) is 31.0 Å². The average molecular weight is 899 g/mol. The molecule has 17 heteroatoms. The van der Waals surface area contributed by atoms with Crippen LogP contribution in [0.15, 0.2) is 52.3 Å². The largest absolute Gasteiger partial charge is 0.369 e. The van der Waals surface area contributed by atoms with E-state index < -0.39 is 27.0 Å². The van der Waals surface area contributed by atoms with Crippen molar-refractivity contribution >= 4 is 72.5 Å². The molecule has 2 saturated carbocycles. The molecule has 2 amide bonds. The molecule has 1 spiro atoms. The summed E-state index contributed by atoms with van der Waals surface area (Å²) in [6, 6.07) is 9.83. The SMILES string of the molecule is Cc1cc(S(=O)(=O)C2CC3(CCN(CC4CCN(c5ccc6c(c(C)nn6C6CCC(=O)NC6=O)c5F)CC4)CC3)C2)ccc1Nc1ncc2cc(Cl)c(=O)n(C3CCCC3)c2n1. The van der Waals surface area contributed by atoms with Crippen molar-refractivity contribution in [3.63, 3.8) is 0 Å². The van der Waals surface area contributed by atoms with Gasteiger partial charge in [-0.3, -0.25) is 28.9 Å². The maximum Gasteiger partial charge on any atom is 0.271 e. The number of nitrogens with one attached hydrogen (secondary N) is 2. The number of fused-ring (bicyclic) bond motifs is 2. The number of rotatable bonds is 9. The Morgan fingerprint density at radius 2 is 1.70 bits per heavy atom. The van der Waals surface area contributed by atoms with Gasteiger partial charge in [-0.2, -0.15) is 10.1 Å². The van der Waals surface area contributed by atoms with Crippen molar-refractivity contribution in [2.45, 2.75) is 113 Å². The van der Waals surface area contributed by atoms with Crippen LogP contribution in [0.3, 0.4) is 0 Å². The number of benzene rings is 2. The fourth-order valence-corrected chi connectivity index (χ4v) is 13.5. The molecule has 5 fully saturated rings. The van der Waals surface area contributed by atoms with Gasteiger partial charge in [0.25, 0.3) is 11.5 Å². The number of likely N-dealkylation sites (tertiary alicyclic amines) is 1. The van der Waals surface area contributed by atoms with Gasteiger partial charge >= 0.3 is 0 Å². The normalized spacial score (nSPS) is 21.7. The molecule has 2 aliphatic carbocycles. The van der Waals surface area contributed by atoms with E-state index in [9.17, 15) is 22.8 Å². The molecule has 63 heavy (non-hydrogen) atoms. The first-order valence-corrected chi connectivity index (χ1v) is 24.4. The molecule has 2 N–H and O–H groups in total. The van der Waals surface area contributed by atoms with Crippen LogP contribution in [-0.4, -0.2) is 87.4 Å². The lowest BCUT2D eigenvalue weighted by molar-refractivity contribution is -0.135. The number of carbonyl (C=O) groups excluding carboxylic acids is 2. The Kier molecular flexibility index (Phi) is 10.8. The van der Waals surface area contributed by atoms with Gasteiger partial charge in [0.2, 0.25) is 11.9 Å². The maximum absolute atomic E-state index is 16.1. The fourth-order valence-electron chi connectivity index (χ4n) is 11.1. The van der Waals surface area contributed by atoms with E-state index in [0.717, 1.165) is 89.7 Å². The van der Waals surface area contributed by atoms with Gasteiger partial charge in [-0.1, -0.05) is 24.4 Å². The van der Waals surface area contributed by atoms with Crippen LogP contribution in [0.1, 0.15) is 100 Å². The molecule has 3 aromatic heterocycles. The fraction of sp³-hybridized carbons (Fsp3) is 0.522. The predicted octanol–water partition coefficient (Wildman–Crippen LogP) is 7.32. The zero-order valence-corrected chi connectivity index (χ0v) is 37.3. The third-order valence-electron chi connectivity index (χ3n) is 14.8. The van der Waals surface area contributed by atoms with Crippen LogP contribution < -0.4 is 21.1 Å². The summed E-state index contributed by atoms with van der Waals surface area (Å²) < 4.78 is 47.3. The van der Waals surface area contributed by atoms with Crippen molar-refractivity contribution in [2.75, 3.05) is 42.9 Å². The summed E-state index contributed by atoms with van der Waals surface area (Å²) in [5.41, 5.74) is 3.45. The summed E-state index contributed by atoms with van der Waals surface area (Å²) in [6.07, 6.45) is 11.4. The number of halogens is 2. The standard InChI is InChI=1S/C46H53ClFN9O5S/c1-27-21-32(7-8-35(27)50-45-49-25-30-22-34(47)44(60)56(42(30)52-45)31-5-3-4-6-31)63(61,62)33-23-46(24-33)15-19-54(20-16-46)26-29-13-17-55(18-14-29)37-10-9-36-40(41(37)48)28(2)53-57(36)38-11-12-39(58)51-43(38)59/h7-10,21-22,25,29,31,33,38H,3-6,11-20,23-24,26H2,1-2H3,(H,49,50,52)(H,51,58,59). The number of piperidine rings is 3. The number of aromatic nitrogens is 5. The number of imide groups is 1. The molecule has 2 aromatic carbocycles. The topological polar surface area (TPSA) is 164 Å². The molecule has 0 radical (unpaired) electrons. The third kappa shape index (κ3) is 7.69. The Hall–Kier alpha value is -4.93. The molecule has 1 unspecified atom stereocenters. The summed E-state index contributed by atoms with van der Waals surface area (Å²) >= 11 is 6.31. The van der Waals surface area contributed by atoms with E-state index in [1.165, 1.54) is 0 Å². The Morgan fingerprint density at radius 1 is 0.952 bits per heavy atom. The molecule has 1 atom stereocenters. The van der Waals surface area contributed by atoms with E-state index in [1.807, 2.05) is 13.0 Å². The molecule has 14 nitrogen and oxygen atoms in total. The Morgan fingerprint density at radius 3 is 2.41 bits per heavy atom. The van der Waals surface area contributed by atoms with E-state index in [0.29, 0.717) is 75.0 Å². The van der Waals surface area contributed by atoms with Crippen LogP contribution in [-0.2, 0) is 19.4 Å². The average Bonchev–Trinajstić information content (AvgIpc) is 3.90. The Bertz CT molecular complexity index is 2820. The molecule has 5 aliphatic rings. The first kappa shape index (κ1) is 42.0. The van der Waals surface area contributed by atoms with Crippen LogP contribution in [0.25, 0.3) is 21.9 Å². The highest BCUT2D eigenvalue weighted by Crippen LogP contribution is 2.53. The lowest BCUT2D eigenvalue weighted by atomic mass is 9.63. The second-order valence-electron chi connectivity index (χ2n) is 18.8. The van der Waals surface area contributed by atoms with Gasteiger partial charge in [-0.25, -0.2) is 17.8 Å². The summed E-state index contributed by atoms with van der Waals surface area (Å²) in [7, 11) is -3.52. The number of amides is 2. The van der Waals surface area contributed by atoms with Crippen molar-refractivity contribution in [1.82, 2.24) is 34.5 Å². The number of carbonyl (C=O) groups is 2. The highest BCUT2D eigenvalue weighted by Gasteiger charge is 2.51. The molecular weight excluding hydrogens is 845 g/mol. The first-order valence-electron chi connectivity index (χ1n) is 22.4. The smallest absolute Gasteiger partial charge is 0.271 e. The Labute approximate surface area is 370 Å². The van der Waals surface area contributed by atoms with Crippen molar-refractivity contribution in [3.8, 4) is 0 Å². The molecule has 332 valence electrons. The van der Waals surface area contributed by atoms with Gasteiger partial charge in [-0.15, -0.1) is 0 Å². The number of hydrogen-bond acceptors (Lipinski definition) is 11. The lowest BCUT2D eigenvalue weighted by Gasteiger charge is -2.52. The van der Waals surface area contributed by atoms with E-state index in [1.54, 1.807) is 52.7 Å². The van der Waals surface area contributed by atoms with Gasteiger partial charge in [0.15, 0.2) is 15.7 Å². The summed E-state index contributed by atoms with van der Waals surface area (Å²) in [4.78, 5) is 51.6. The number of anilines is 3. The van der Waals surface area contributed by atoms with Gasteiger partial charge in [-0.05, 0) is 138 Å². The van der Waals surface area contributed by atoms with E-state index >= 15 is 4.39 Å². The number of nitrogens with zero attached hydrogens (tertiary/aromatic N) is 7. The van der Waals surface area contributed by atoms with Crippen molar-refractivity contribution in [3.05, 3.63) is 75.0 Å². The molecule has 6 heterocycles. The predicted molar refractivity (Wildman–Crippen MR) is 240 cm³/mol. The van der Waals surface area contributed by atoms with Gasteiger partial charge in [0, 0.05) is 49.4 Å². The van der Waals surface area contributed by atoms with Crippen molar-refractivity contribution < 1.29 is 22.4 Å². The number of pyridine rings is 1. The molecule has 5 aromatic rings. The molecule has 3 aliphatic heterocycles. The van der Waals surface area contributed by atoms with Crippen molar-refractivity contribution in [2.24, 2.45) is 11.3 Å². The monoisotopic (exact) mass is 897 g/mol. The van der Waals surface area contributed by atoms with Gasteiger partial charge in [0.1, 0.15) is 16.7 Å².